The van der Waals surface area contributed by atoms with Gasteiger partial charge in [-0.15, -0.1) is 0 Å². The number of halogens is 1. The predicted octanol–water partition coefficient (Wildman–Crippen LogP) is 2.55. The summed E-state index contributed by atoms with van der Waals surface area (Å²) in [5, 5.41) is 3.83. The molecule has 0 amide bonds. The van der Waals surface area contributed by atoms with Crippen LogP contribution in [0.2, 0.25) is 5.02 Å². The van der Waals surface area contributed by atoms with E-state index in [4.69, 9.17) is 16.3 Å². The van der Waals surface area contributed by atoms with Crippen LogP contribution in [0, 0.1) is 0 Å². The van der Waals surface area contributed by atoms with E-state index in [1.165, 1.54) is 0 Å². The molecule has 0 aromatic heterocycles. The molecule has 0 atom stereocenters. The Bertz CT molecular complexity index is 387. The monoisotopic (exact) mass is 253 g/mol. The zero-order valence-electron chi connectivity index (χ0n) is 9.83. The second kappa shape index (κ2) is 7.09. The molecular weight excluding hydrogens is 238 g/mol. The molecule has 0 fully saturated rings. The van der Waals surface area contributed by atoms with Gasteiger partial charge in [0.05, 0.1) is 6.61 Å². The van der Waals surface area contributed by atoms with Crippen molar-refractivity contribution in [1.82, 2.24) is 5.32 Å². The number of esters is 1. The van der Waals surface area contributed by atoms with Gasteiger partial charge in [-0.05, 0) is 24.6 Å². The number of nitrogens with one attached hydrogen (secondary N) is 1. The lowest BCUT2D eigenvalue weighted by atomic mass is 10.2. The van der Waals surface area contributed by atoms with Crippen molar-refractivity contribution < 1.29 is 9.53 Å². The fourth-order valence-corrected chi connectivity index (χ4v) is 1.39. The van der Waals surface area contributed by atoms with Crippen LogP contribution in [-0.2, 0) is 16.1 Å². The van der Waals surface area contributed by atoms with E-state index >= 15 is 0 Å². The molecule has 1 aromatic carbocycles. The zero-order chi connectivity index (χ0) is 12.7. The summed E-state index contributed by atoms with van der Waals surface area (Å²) in [7, 11) is 0. The van der Waals surface area contributed by atoms with E-state index < -0.39 is 0 Å². The molecule has 4 heteroatoms. The lowest BCUT2D eigenvalue weighted by molar-refractivity contribution is -0.138. The lowest BCUT2D eigenvalue weighted by Gasteiger charge is -2.07. The van der Waals surface area contributed by atoms with Gasteiger partial charge in [0.2, 0.25) is 0 Å². The zero-order valence-corrected chi connectivity index (χ0v) is 10.6. The number of hydrogen-bond acceptors (Lipinski definition) is 3. The molecule has 3 nitrogen and oxygen atoms in total. The van der Waals surface area contributed by atoms with Crippen LogP contribution in [0.5, 0.6) is 0 Å². The van der Waals surface area contributed by atoms with Crippen molar-refractivity contribution in [2.75, 3.05) is 13.2 Å². The minimum atomic E-state index is -0.351. The first-order valence-electron chi connectivity index (χ1n) is 5.43. The molecule has 0 aliphatic carbocycles. The van der Waals surface area contributed by atoms with E-state index in [2.05, 4.69) is 11.9 Å². The molecule has 0 spiro atoms. The third-order valence-electron chi connectivity index (χ3n) is 2.14. The SMILES string of the molecule is C=C(CNCc1ccc(Cl)cc1)C(=O)OCC. The minimum Gasteiger partial charge on any atom is -0.463 e. The Labute approximate surface area is 106 Å². The summed E-state index contributed by atoms with van der Waals surface area (Å²) in [6, 6.07) is 7.53. The Hall–Kier alpha value is -1.32. The van der Waals surface area contributed by atoms with Gasteiger partial charge in [0.15, 0.2) is 0 Å². The van der Waals surface area contributed by atoms with Crippen LogP contribution in [0.4, 0.5) is 0 Å². The molecule has 0 radical (unpaired) electrons. The first-order chi connectivity index (χ1) is 8.13. The Balaban J connectivity index is 2.30. The number of rotatable bonds is 6. The van der Waals surface area contributed by atoms with Gasteiger partial charge in [0.1, 0.15) is 0 Å². The Morgan fingerprint density at radius 1 is 1.41 bits per heavy atom. The predicted molar refractivity (Wildman–Crippen MR) is 68.9 cm³/mol. The number of ether oxygens (including phenoxy) is 1. The van der Waals surface area contributed by atoms with Crippen molar-refractivity contribution in [3.8, 4) is 0 Å². The van der Waals surface area contributed by atoms with Crippen LogP contribution in [0.3, 0.4) is 0 Å². The fourth-order valence-electron chi connectivity index (χ4n) is 1.27. The van der Waals surface area contributed by atoms with E-state index in [1.54, 1.807) is 6.92 Å². The summed E-state index contributed by atoms with van der Waals surface area (Å²) >= 11 is 5.78. The quantitative estimate of drug-likeness (QED) is 0.626. The molecule has 92 valence electrons. The minimum absolute atomic E-state index is 0.351. The number of carbonyl (C=O) groups is 1. The Morgan fingerprint density at radius 2 is 2.06 bits per heavy atom. The molecule has 1 aromatic rings. The average Bonchev–Trinajstić information content (AvgIpc) is 2.32. The van der Waals surface area contributed by atoms with Gasteiger partial charge in [-0.25, -0.2) is 4.79 Å². The summed E-state index contributed by atoms with van der Waals surface area (Å²) in [5.41, 5.74) is 1.53. The van der Waals surface area contributed by atoms with Crippen molar-refractivity contribution >= 4 is 17.6 Å². The molecule has 17 heavy (non-hydrogen) atoms. The van der Waals surface area contributed by atoms with Gasteiger partial charge in [0, 0.05) is 23.7 Å². The Morgan fingerprint density at radius 3 is 2.65 bits per heavy atom. The van der Waals surface area contributed by atoms with Crippen LogP contribution < -0.4 is 5.32 Å². The normalized spacial score (nSPS) is 10.0. The molecule has 0 aliphatic rings. The van der Waals surface area contributed by atoms with Crippen molar-refractivity contribution in [3.63, 3.8) is 0 Å². The highest BCUT2D eigenvalue weighted by Crippen LogP contribution is 2.09. The summed E-state index contributed by atoms with van der Waals surface area (Å²) in [6.07, 6.45) is 0. The molecule has 0 aliphatic heterocycles. The van der Waals surface area contributed by atoms with Crippen LogP contribution in [-0.4, -0.2) is 19.1 Å². The molecular formula is C13H16ClNO2. The van der Waals surface area contributed by atoms with Gasteiger partial charge in [0.25, 0.3) is 0 Å². The highest BCUT2D eigenvalue weighted by Gasteiger charge is 2.06. The maximum Gasteiger partial charge on any atom is 0.334 e. The molecule has 0 unspecified atom stereocenters. The molecule has 1 N–H and O–H groups in total. The third kappa shape index (κ3) is 5.02. The molecule has 0 saturated heterocycles. The van der Waals surface area contributed by atoms with Gasteiger partial charge >= 0.3 is 5.97 Å². The molecule has 0 saturated carbocycles. The van der Waals surface area contributed by atoms with E-state index in [9.17, 15) is 4.79 Å². The summed E-state index contributed by atoms with van der Waals surface area (Å²) in [5.74, 6) is -0.351. The Kier molecular flexibility index (Phi) is 5.73. The standard InChI is InChI=1S/C13H16ClNO2/c1-3-17-13(16)10(2)8-15-9-11-4-6-12(14)7-5-11/h4-7,15H,2-3,8-9H2,1H3. The van der Waals surface area contributed by atoms with Crippen LogP contribution in [0.25, 0.3) is 0 Å². The number of hydrogen-bond donors (Lipinski definition) is 1. The number of carbonyl (C=O) groups excluding carboxylic acids is 1. The van der Waals surface area contributed by atoms with Crippen LogP contribution in [0.1, 0.15) is 12.5 Å². The number of benzene rings is 1. The lowest BCUT2D eigenvalue weighted by Crippen LogP contribution is -2.21. The topological polar surface area (TPSA) is 38.3 Å². The second-order valence-corrected chi connectivity index (χ2v) is 3.99. The van der Waals surface area contributed by atoms with Crippen LogP contribution >= 0.6 is 11.6 Å². The summed E-state index contributed by atoms with van der Waals surface area (Å²) in [4.78, 5) is 11.3. The first-order valence-corrected chi connectivity index (χ1v) is 5.81. The highest BCUT2D eigenvalue weighted by molar-refractivity contribution is 6.30. The summed E-state index contributed by atoms with van der Waals surface area (Å²) in [6.45, 7) is 6.88. The fraction of sp³-hybridized carbons (Fsp3) is 0.308. The first kappa shape index (κ1) is 13.7. The largest absolute Gasteiger partial charge is 0.463 e. The van der Waals surface area contributed by atoms with Gasteiger partial charge < -0.3 is 10.1 Å². The van der Waals surface area contributed by atoms with Crippen molar-refractivity contribution in [2.45, 2.75) is 13.5 Å². The van der Waals surface area contributed by atoms with E-state index in [0.29, 0.717) is 30.3 Å². The van der Waals surface area contributed by atoms with Crippen molar-refractivity contribution in [3.05, 3.63) is 47.0 Å². The smallest absolute Gasteiger partial charge is 0.334 e. The molecule has 1 rings (SSSR count). The van der Waals surface area contributed by atoms with E-state index in [0.717, 1.165) is 5.56 Å². The van der Waals surface area contributed by atoms with Crippen LogP contribution in [0.15, 0.2) is 36.4 Å². The van der Waals surface area contributed by atoms with Gasteiger partial charge in [-0.1, -0.05) is 30.3 Å². The van der Waals surface area contributed by atoms with Crippen molar-refractivity contribution in [2.24, 2.45) is 0 Å². The van der Waals surface area contributed by atoms with Gasteiger partial charge in [-0.2, -0.15) is 0 Å². The second-order valence-electron chi connectivity index (χ2n) is 3.55. The summed E-state index contributed by atoms with van der Waals surface area (Å²) < 4.78 is 4.83. The van der Waals surface area contributed by atoms with E-state index in [1.807, 2.05) is 24.3 Å². The average molecular weight is 254 g/mol. The maximum atomic E-state index is 11.3. The van der Waals surface area contributed by atoms with Crippen molar-refractivity contribution in [1.29, 1.82) is 0 Å². The van der Waals surface area contributed by atoms with Gasteiger partial charge in [-0.3, -0.25) is 0 Å². The van der Waals surface area contributed by atoms with E-state index in [-0.39, 0.29) is 5.97 Å². The molecule has 0 heterocycles. The maximum absolute atomic E-state index is 11.3. The third-order valence-corrected chi connectivity index (χ3v) is 2.40. The highest BCUT2D eigenvalue weighted by atomic mass is 35.5. The molecule has 0 bridgehead atoms.